The molecule has 0 amide bonds. The Morgan fingerprint density at radius 2 is 2.42 bits per heavy atom. The number of aliphatic imine (C=N–C) groups is 1. The van der Waals surface area contributed by atoms with Crippen LogP contribution in [0.1, 0.15) is 18.2 Å². The molecule has 1 aromatic rings. The SMILES string of the molecule is CC1CN=Cc2ncccc2C1. The van der Waals surface area contributed by atoms with Gasteiger partial charge in [0.1, 0.15) is 0 Å². The van der Waals surface area contributed by atoms with E-state index in [0.717, 1.165) is 18.7 Å². The van der Waals surface area contributed by atoms with Gasteiger partial charge in [-0.1, -0.05) is 13.0 Å². The topological polar surface area (TPSA) is 25.2 Å². The van der Waals surface area contributed by atoms with Crippen molar-refractivity contribution in [3.63, 3.8) is 0 Å². The lowest BCUT2D eigenvalue weighted by molar-refractivity contribution is 0.599. The summed E-state index contributed by atoms with van der Waals surface area (Å²) in [5.74, 6) is 0.645. The number of pyridine rings is 1. The van der Waals surface area contributed by atoms with E-state index in [1.54, 1.807) is 0 Å². The highest BCUT2D eigenvalue weighted by atomic mass is 14.8. The van der Waals surface area contributed by atoms with Crippen molar-refractivity contribution < 1.29 is 0 Å². The molecule has 1 aromatic heterocycles. The quantitative estimate of drug-likeness (QED) is 0.567. The second kappa shape index (κ2) is 3.05. The summed E-state index contributed by atoms with van der Waals surface area (Å²) in [7, 11) is 0. The Balaban J connectivity index is 2.41. The number of rotatable bonds is 0. The average Bonchev–Trinajstić information content (AvgIpc) is 2.25. The smallest absolute Gasteiger partial charge is 0.0839 e. The van der Waals surface area contributed by atoms with E-state index in [-0.39, 0.29) is 0 Å². The Morgan fingerprint density at radius 3 is 3.33 bits per heavy atom. The zero-order valence-electron chi connectivity index (χ0n) is 7.20. The summed E-state index contributed by atoms with van der Waals surface area (Å²) in [5, 5.41) is 0. The zero-order chi connectivity index (χ0) is 8.39. The lowest BCUT2D eigenvalue weighted by atomic mass is 10.0. The van der Waals surface area contributed by atoms with Gasteiger partial charge in [-0.15, -0.1) is 0 Å². The fourth-order valence-corrected chi connectivity index (χ4v) is 1.50. The van der Waals surface area contributed by atoms with Crippen LogP contribution in [0.15, 0.2) is 23.3 Å². The summed E-state index contributed by atoms with van der Waals surface area (Å²) in [5.41, 5.74) is 2.37. The monoisotopic (exact) mass is 160 g/mol. The van der Waals surface area contributed by atoms with Gasteiger partial charge >= 0.3 is 0 Å². The molecule has 1 aliphatic heterocycles. The van der Waals surface area contributed by atoms with Crippen LogP contribution in [-0.4, -0.2) is 17.7 Å². The van der Waals surface area contributed by atoms with Crippen molar-refractivity contribution in [2.24, 2.45) is 10.9 Å². The molecule has 62 valence electrons. The van der Waals surface area contributed by atoms with Crippen LogP contribution in [0, 0.1) is 5.92 Å². The minimum absolute atomic E-state index is 0.645. The van der Waals surface area contributed by atoms with Crippen molar-refractivity contribution in [3.8, 4) is 0 Å². The first-order valence-corrected chi connectivity index (χ1v) is 4.30. The van der Waals surface area contributed by atoms with Crippen molar-refractivity contribution in [1.82, 2.24) is 4.98 Å². The molecule has 0 aliphatic carbocycles. The van der Waals surface area contributed by atoms with Crippen molar-refractivity contribution >= 4 is 6.21 Å². The molecule has 0 radical (unpaired) electrons. The maximum Gasteiger partial charge on any atom is 0.0839 e. The maximum absolute atomic E-state index is 4.31. The minimum Gasteiger partial charge on any atom is -0.291 e. The highest BCUT2D eigenvalue weighted by molar-refractivity contribution is 5.79. The third-order valence-corrected chi connectivity index (χ3v) is 2.13. The van der Waals surface area contributed by atoms with Gasteiger partial charge in [0.05, 0.1) is 5.69 Å². The van der Waals surface area contributed by atoms with Crippen LogP contribution in [0.3, 0.4) is 0 Å². The van der Waals surface area contributed by atoms with Gasteiger partial charge < -0.3 is 0 Å². The molecule has 0 saturated carbocycles. The fourth-order valence-electron chi connectivity index (χ4n) is 1.50. The molecule has 2 rings (SSSR count). The zero-order valence-corrected chi connectivity index (χ0v) is 7.20. The first-order chi connectivity index (χ1) is 5.86. The summed E-state index contributed by atoms with van der Waals surface area (Å²) in [4.78, 5) is 8.57. The third kappa shape index (κ3) is 1.37. The highest BCUT2D eigenvalue weighted by Crippen LogP contribution is 2.13. The average molecular weight is 160 g/mol. The molecule has 12 heavy (non-hydrogen) atoms. The Morgan fingerprint density at radius 1 is 1.50 bits per heavy atom. The van der Waals surface area contributed by atoms with E-state index in [9.17, 15) is 0 Å². The van der Waals surface area contributed by atoms with E-state index in [1.165, 1.54) is 5.56 Å². The summed E-state index contributed by atoms with van der Waals surface area (Å²) in [6.45, 7) is 3.15. The molecule has 0 N–H and O–H groups in total. The highest BCUT2D eigenvalue weighted by Gasteiger charge is 2.09. The second-order valence-corrected chi connectivity index (χ2v) is 3.35. The predicted molar refractivity (Wildman–Crippen MR) is 49.6 cm³/mol. The lowest BCUT2D eigenvalue weighted by Gasteiger charge is -2.05. The molecule has 2 nitrogen and oxygen atoms in total. The summed E-state index contributed by atoms with van der Waals surface area (Å²) >= 11 is 0. The molecule has 1 atom stereocenters. The molecule has 0 saturated heterocycles. The molecular weight excluding hydrogens is 148 g/mol. The minimum atomic E-state index is 0.645. The number of hydrogen-bond donors (Lipinski definition) is 0. The number of aromatic nitrogens is 1. The van der Waals surface area contributed by atoms with Crippen LogP contribution in [0.4, 0.5) is 0 Å². The third-order valence-electron chi connectivity index (χ3n) is 2.13. The lowest BCUT2D eigenvalue weighted by Crippen LogP contribution is -2.02. The van der Waals surface area contributed by atoms with Gasteiger partial charge in [-0.05, 0) is 24.0 Å². The van der Waals surface area contributed by atoms with Gasteiger partial charge in [0.25, 0.3) is 0 Å². The van der Waals surface area contributed by atoms with Crippen LogP contribution in [0.2, 0.25) is 0 Å². The van der Waals surface area contributed by atoms with E-state index in [4.69, 9.17) is 0 Å². The van der Waals surface area contributed by atoms with Crippen molar-refractivity contribution in [2.45, 2.75) is 13.3 Å². The van der Waals surface area contributed by atoms with Crippen LogP contribution >= 0.6 is 0 Å². The number of fused-ring (bicyclic) bond motifs is 1. The molecule has 2 heterocycles. The molecule has 0 fully saturated rings. The number of nitrogens with zero attached hydrogens (tertiary/aromatic N) is 2. The normalized spacial score (nSPS) is 21.6. The maximum atomic E-state index is 4.31. The van der Waals surface area contributed by atoms with Crippen molar-refractivity contribution in [2.75, 3.05) is 6.54 Å². The summed E-state index contributed by atoms with van der Waals surface area (Å²) in [6, 6.07) is 4.13. The Bertz CT molecular complexity index is 304. The molecule has 1 aliphatic rings. The van der Waals surface area contributed by atoms with Crippen molar-refractivity contribution in [3.05, 3.63) is 29.6 Å². The Kier molecular flexibility index (Phi) is 1.90. The van der Waals surface area contributed by atoms with E-state index in [2.05, 4.69) is 23.0 Å². The molecular formula is C10H12N2. The van der Waals surface area contributed by atoms with Crippen LogP contribution in [-0.2, 0) is 6.42 Å². The van der Waals surface area contributed by atoms with Gasteiger partial charge in [0.2, 0.25) is 0 Å². The van der Waals surface area contributed by atoms with Gasteiger partial charge in [-0.2, -0.15) is 0 Å². The van der Waals surface area contributed by atoms with Crippen molar-refractivity contribution in [1.29, 1.82) is 0 Å². The fraction of sp³-hybridized carbons (Fsp3) is 0.400. The Hall–Kier alpha value is -1.18. The standard InChI is InChI=1S/C10H12N2/c1-8-5-9-3-2-4-12-10(9)7-11-6-8/h2-4,7-8H,5-6H2,1H3. The van der Waals surface area contributed by atoms with Crippen LogP contribution in [0.25, 0.3) is 0 Å². The molecule has 1 unspecified atom stereocenters. The van der Waals surface area contributed by atoms with E-state index < -0.39 is 0 Å². The molecule has 0 bridgehead atoms. The first kappa shape index (κ1) is 7.47. The molecule has 0 spiro atoms. The van der Waals surface area contributed by atoms with Gasteiger partial charge in [-0.3, -0.25) is 9.98 Å². The van der Waals surface area contributed by atoms with Gasteiger partial charge in [0, 0.05) is 19.0 Å². The number of hydrogen-bond acceptors (Lipinski definition) is 2. The Labute approximate surface area is 72.4 Å². The van der Waals surface area contributed by atoms with Gasteiger partial charge in [-0.25, -0.2) is 0 Å². The second-order valence-electron chi connectivity index (χ2n) is 3.35. The molecule has 0 aromatic carbocycles. The predicted octanol–water partition coefficient (Wildman–Crippen LogP) is 1.69. The summed E-state index contributed by atoms with van der Waals surface area (Å²) < 4.78 is 0. The van der Waals surface area contributed by atoms with E-state index >= 15 is 0 Å². The van der Waals surface area contributed by atoms with Gasteiger partial charge in [0.15, 0.2) is 0 Å². The van der Waals surface area contributed by atoms with E-state index in [0.29, 0.717) is 5.92 Å². The van der Waals surface area contributed by atoms with E-state index in [1.807, 2.05) is 18.5 Å². The summed E-state index contributed by atoms with van der Waals surface area (Å²) in [6.07, 6.45) is 4.81. The first-order valence-electron chi connectivity index (χ1n) is 4.30. The largest absolute Gasteiger partial charge is 0.291 e. The molecule has 2 heteroatoms. The van der Waals surface area contributed by atoms with Crippen LogP contribution < -0.4 is 0 Å². The van der Waals surface area contributed by atoms with Crippen LogP contribution in [0.5, 0.6) is 0 Å².